The molecule has 0 saturated heterocycles. The summed E-state index contributed by atoms with van der Waals surface area (Å²) in [4.78, 5) is 29.6. The van der Waals surface area contributed by atoms with E-state index < -0.39 is 34.3 Å². The molecule has 2 unspecified atom stereocenters. The molecule has 0 heterocycles. The fraction of sp³-hybridized carbons (Fsp3) is 0.257. The summed E-state index contributed by atoms with van der Waals surface area (Å²) in [6, 6.07) is 26.3. The van der Waals surface area contributed by atoms with E-state index in [4.69, 9.17) is 11.6 Å². The summed E-state index contributed by atoms with van der Waals surface area (Å²) in [5.74, 6) is -1.52. The van der Waals surface area contributed by atoms with Gasteiger partial charge in [-0.2, -0.15) is 0 Å². The molecule has 2 atom stereocenters. The number of halogens is 2. The first-order valence-electron chi connectivity index (χ1n) is 14.7. The van der Waals surface area contributed by atoms with Gasteiger partial charge in [0, 0.05) is 24.0 Å². The van der Waals surface area contributed by atoms with E-state index >= 15 is 0 Å². The molecule has 0 aromatic heterocycles. The molecule has 10 heteroatoms. The van der Waals surface area contributed by atoms with Crippen LogP contribution in [0.25, 0.3) is 0 Å². The number of nitrogens with zero attached hydrogens (tertiary/aromatic N) is 2. The van der Waals surface area contributed by atoms with Crippen LogP contribution >= 0.6 is 11.6 Å². The summed E-state index contributed by atoms with van der Waals surface area (Å²) in [5.41, 5.74) is 2.71. The first-order chi connectivity index (χ1) is 21.5. The fourth-order valence-electron chi connectivity index (χ4n) is 4.76. The van der Waals surface area contributed by atoms with Gasteiger partial charge in [-0.25, -0.2) is 12.8 Å². The molecule has 0 aliphatic carbocycles. The number of anilines is 1. The Balaban J connectivity index is 1.80. The predicted octanol–water partition coefficient (Wildman–Crippen LogP) is 6.54. The van der Waals surface area contributed by atoms with Gasteiger partial charge < -0.3 is 10.2 Å². The Hall–Kier alpha value is -4.21. The standard InChI is InChI=1S/C35H37ClFN3O4S/c1-4-26(3)38-35(42)33(22-27-8-6-5-7-9-27)39(23-28-12-14-29(36)15-13-28)34(41)24-40(31-18-10-25(2)11-19-31)45(43,44)32-20-16-30(37)17-21-32/h5-21,26,33H,4,22-24H2,1-3H3,(H,38,42). The van der Waals surface area contributed by atoms with Crippen molar-refractivity contribution < 1.29 is 22.4 Å². The third-order valence-corrected chi connectivity index (χ3v) is 9.58. The summed E-state index contributed by atoms with van der Waals surface area (Å²) in [5, 5.41) is 3.53. The third kappa shape index (κ3) is 8.93. The highest BCUT2D eigenvalue weighted by molar-refractivity contribution is 7.92. The van der Waals surface area contributed by atoms with E-state index in [1.54, 1.807) is 48.5 Å². The summed E-state index contributed by atoms with van der Waals surface area (Å²) >= 11 is 6.13. The van der Waals surface area contributed by atoms with E-state index in [-0.39, 0.29) is 35.5 Å². The summed E-state index contributed by atoms with van der Waals surface area (Å²) in [6.07, 6.45) is 0.893. The lowest BCUT2D eigenvalue weighted by molar-refractivity contribution is -0.140. The van der Waals surface area contributed by atoms with Gasteiger partial charge in [0.15, 0.2) is 0 Å². The van der Waals surface area contributed by atoms with Crippen molar-refractivity contribution in [2.24, 2.45) is 0 Å². The highest BCUT2D eigenvalue weighted by atomic mass is 35.5. The first-order valence-corrected chi connectivity index (χ1v) is 16.5. The SMILES string of the molecule is CCC(C)NC(=O)C(Cc1ccccc1)N(Cc1ccc(Cl)cc1)C(=O)CN(c1ccc(C)cc1)S(=O)(=O)c1ccc(F)cc1. The van der Waals surface area contributed by atoms with Gasteiger partial charge in [0.2, 0.25) is 11.8 Å². The maximum atomic E-state index is 14.4. The Morgan fingerprint density at radius 1 is 0.867 bits per heavy atom. The summed E-state index contributed by atoms with van der Waals surface area (Å²) < 4.78 is 42.7. The molecule has 2 amide bonds. The molecule has 45 heavy (non-hydrogen) atoms. The maximum absolute atomic E-state index is 14.4. The van der Waals surface area contributed by atoms with Crippen LogP contribution in [0.5, 0.6) is 0 Å². The Labute approximate surface area is 269 Å². The lowest BCUT2D eigenvalue weighted by Gasteiger charge is -2.34. The Bertz CT molecular complexity index is 1680. The van der Waals surface area contributed by atoms with Crippen LogP contribution in [0, 0.1) is 12.7 Å². The number of sulfonamides is 1. The van der Waals surface area contributed by atoms with Crippen LogP contribution in [0.2, 0.25) is 5.02 Å². The van der Waals surface area contributed by atoms with Gasteiger partial charge in [0.1, 0.15) is 18.4 Å². The van der Waals surface area contributed by atoms with Crippen molar-refractivity contribution in [1.29, 1.82) is 0 Å². The molecule has 236 valence electrons. The van der Waals surface area contributed by atoms with Crippen molar-refractivity contribution in [2.75, 3.05) is 10.8 Å². The number of nitrogens with one attached hydrogen (secondary N) is 1. The van der Waals surface area contributed by atoms with Gasteiger partial charge in [-0.05, 0) is 79.9 Å². The average Bonchev–Trinajstić information content (AvgIpc) is 3.03. The van der Waals surface area contributed by atoms with Gasteiger partial charge in [0.05, 0.1) is 10.6 Å². The Kier molecular flexibility index (Phi) is 11.4. The minimum Gasteiger partial charge on any atom is -0.352 e. The Morgan fingerprint density at radius 2 is 1.49 bits per heavy atom. The second kappa shape index (κ2) is 15.2. The van der Waals surface area contributed by atoms with Gasteiger partial charge in [-0.1, -0.05) is 78.7 Å². The topological polar surface area (TPSA) is 86.8 Å². The van der Waals surface area contributed by atoms with E-state index in [9.17, 15) is 22.4 Å². The van der Waals surface area contributed by atoms with Crippen molar-refractivity contribution >= 4 is 39.1 Å². The van der Waals surface area contributed by atoms with E-state index in [0.29, 0.717) is 17.0 Å². The highest BCUT2D eigenvalue weighted by Gasteiger charge is 2.35. The van der Waals surface area contributed by atoms with Crippen LogP contribution < -0.4 is 9.62 Å². The number of rotatable bonds is 13. The summed E-state index contributed by atoms with van der Waals surface area (Å²) in [6.45, 7) is 5.13. The molecule has 4 rings (SSSR count). The molecule has 0 radical (unpaired) electrons. The lowest BCUT2D eigenvalue weighted by atomic mass is 10.0. The highest BCUT2D eigenvalue weighted by Crippen LogP contribution is 2.26. The van der Waals surface area contributed by atoms with Crippen molar-refractivity contribution in [3.05, 3.63) is 131 Å². The smallest absolute Gasteiger partial charge is 0.264 e. The molecular formula is C35H37ClFN3O4S. The maximum Gasteiger partial charge on any atom is 0.264 e. The molecular weight excluding hydrogens is 613 g/mol. The van der Waals surface area contributed by atoms with Gasteiger partial charge in [-0.15, -0.1) is 0 Å². The van der Waals surface area contributed by atoms with Crippen LogP contribution in [-0.2, 0) is 32.6 Å². The third-order valence-electron chi connectivity index (χ3n) is 7.54. The molecule has 1 N–H and O–H groups in total. The van der Waals surface area contributed by atoms with Crippen LogP contribution in [0.4, 0.5) is 10.1 Å². The molecule has 4 aromatic rings. The quantitative estimate of drug-likeness (QED) is 0.178. The second-order valence-corrected chi connectivity index (χ2v) is 13.3. The minimum absolute atomic E-state index is 0.0275. The molecule has 0 aliphatic heterocycles. The largest absolute Gasteiger partial charge is 0.352 e. The van der Waals surface area contributed by atoms with Crippen molar-refractivity contribution in [3.8, 4) is 0 Å². The van der Waals surface area contributed by atoms with Crippen LogP contribution in [0.3, 0.4) is 0 Å². The van der Waals surface area contributed by atoms with Crippen molar-refractivity contribution in [3.63, 3.8) is 0 Å². The number of hydrogen-bond donors (Lipinski definition) is 1. The number of carbonyl (C=O) groups excluding carboxylic acids is 2. The zero-order chi connectivity index (χ0) is 32.6. The molecule has 4 aromatic carbocycles. The number of benzene rings is 4. The molecule has 7 nitrogen and oxygen atoms in total. The fourth-order valence-corrected chi connectivity index (χ4v) is 6.30. The first kappa shape index (κ1) is 33.7. The number of carbonyl (C=O) groups is 2. The van der Waals surface area contributed by atoms with E-state index in [1.807, 2.05) is 51.1 Å². The number of amides is 2. The lowest BCUT2D eigenvalue weighted by Crippen LogP contribution is -2.54. The second-order valence-electron chi connectivity index (χ2n) is 11.0. The van der Waals surface area contributed by atoms with E-state index in [0.717, 1.165) is 27.6 Å². The zero-order valence-electron chi connectivity index (χ0n) is 25.5. The van der Waals surface area contributed by atoms with Gasteiger partial charge in [0.25, 0.3) is 10.0 Å². The average molecular weight is 650 g/mol. The monoisotopic (exact) mass is 649 g/mol. The molecule has 0 saturated carbocycles. The van der Waals surface area contributed by atoms with Gasteiger partial charge in [-0.3, -0.25) is 13.9 Å². The van der Waals surface area contributed by atoms with Crippen molar-refractivity contribution in [1.82, 2.24) is 10.2 Å². The van der Waals surface area contributed by atoms with Crippen LogP contribution in [-0.4, -0.2) is 43.8 Å². The molecule has 0 fully saturated rings. The van der Waals surface area contributed by atoms with E-state index in [2.05, 4.69) is 5.32 Å². The molecule has 0 spiro atoms. The minimum atomic E-state index is -4.32. The predicted molar refractivity (Wildman–Crippen MR) is 176 cm³/mol. The van der Waals surface area contributed by atoms with E-state index in [1.165, 1.54) is 17.0 Å². The number of aryl methyl sites for hydroxylation is 1. The summed E-state index contributed by atoms with van der Waals surface area (Å²) in [7, 11) is -4.32. The van der Waals surface area contributed by atoms with Gasteiger partial charge >= 0.3 is 0 Å². The zero-order valence-corrected chi connectivity index (χ0v) is 27.1. The number of hydrogen-bond acceptors (Lipinski definition) is 4. The van der Waals surface area contributed by atoms with Crippen molar-refractivity contribution in [2.45, 2.75) is 57.1 Å². The normalized spacial score (nSPS) is 12.6. The van der Waals surface area contributed by atoms with Crippen LogP contribution in [0.15, 0.2) is 108 Å². The molecule has 0 bridgehead atoms. The molecule has 0 aliphatic rings. The Morgan fingerprint density at radius 3 is 2.09 bits per heavy atom. The van der Waals surface area contributed by atoms with Crippen LogP contribution in [0.1, 0.15) is 37.0 Å².